The van der Waals surface area contributed by atoms with Gasteiger partial charge in [0.15, 0.2) is 9.84 Å². The molecular formula is C13H13Br2N3O4S. The van der Waals surface area contributed by atoms with Crippen LogP contribution in [0.5, 0.6) is 5.75 Å². The van der Waals surface area contributed by atoms with Gasteiger partial charge in [0.2, 0.25) is 0 Å². The number of carbonyl (C=O) groups excluding carboxylic acids is 1. The fourth-order valence-corrected chi connectivity index (χ4v) is 4.69. The van der Waals surface area contributed by atoms with Gasteiger partial charge in [-0.3, -0.25) is 9.69 Å². The van der Waals surface area contributed by atoms with Gasteiger partial charge in [0.1, 0.15) is 16.5 Å². The Bertz CT molecular complexity index is 798. The Kier molecular flexibility index (Phi) is 5.17. The second-order valence-electron chi connectivity index (χ2n) is 4.67. The first-order valence-electron chi connectivity index (χ1n) is 6.38. The van der Waals surface area contributed by atoms with Gasteiger partial charge < -0.3 is 15.8 Å². The molecule has 0 aromatic heterocycles. The number of aromatic hydroxyl groups is 1. The Hall–Kier alpha value is -1.39. The maximum atomic E-state index is 12.7. The van der Waals surface area contributed by atoms with Gasteiger partial charge in [-0.2, -0.15) is 0 Å². The zero-order valence-corrected chi connectivity index (χ0v) is 15.9. The van der Waals surface area contributed by atoms with Crippen LogP contribution in [0.25, 0.3) is 0 Å². The van der Waals surface area contributed by atoms with Crippen molar-refractivity contribution in [3.8, 4) is 5.75 Å². The van der Waals surface area contributed by atoms with Crippen LogP contribution in [0.2, 0.25) is 0 Å². The van der Waals surface area contributed by atoms with E-state index in [0.29, 0.717) is 8.95 Å². The summed E-state index contributed by atoms with van der Waals surface area (Å²) in [7, 11) is -2.10. The highest BCUT2D eigenvalue weighted by atomic mass is 79.9. The average molecular weight is 467 g/mol. The second kappa shape index (κ2) is 6.62. The molecule has 0 spiro atoms. The van der Waals surface area contributed by atoms with E-state index in [-0.39, 0.29) is 34.3 Å². The molecule has 0 aliphatic carbocycles. The molecule has 0 unspecified atom stereocenters. The minimum atomic E-state index is -3.58. The van der Waals surface area contributed by atoms with Gasteiger partial charge >= 0.3 is 0 Å². The zero-order chi connectivity index (χ0) is 17.4. The fraction of sp³-hybridized carbons (Fsp3) is 0.231. The normalized spacial score (nSPS) is 17.1. The lowest BCUT2D eigenvalue weighted by molar-refractivity contribution is 0.0803. The lowest BCUT2D eigenvalue weighted by Crippen LogP contribution is -2.44. The van der Waals surface area contributed by atoms with Gasteiger partial charge in [-0.25, -0.2) is 8.42 Å². The summed E-state index contributed by atoms with van der Waals surface area (Å²) in [5.41, 5.74) is 0.262. The average Bonchev–Trinajstić information content (AvgIpc) is 2.50. The van der Waals surface area contributed by atoms with E-state index >= 15 is 0 Å². The molecule has 0 bridgehead atoms. The third-order valence-corrected chi connectivity index (χ3v) is 6.21. The second-order valence-corrected chi connectivity index (χ2v) is 8.46. The Morgan fingerprint density at radius 2 is 1.96 bits per heavy atom. The number of phenolic OH excluding ortho intramolecular Hbond substituents is 1. The Labute approximate surface area is 150 Å². The number of nitrogens with zero attached hydrogens (tertiary/aromatic N) is 1. The highest BCUT2D eigenvalue weighted by Crippen LogP contribution is 2.34. The number of halogens is 2. The van der Waals surface area contributed by atoms with Crippen LogP contribution < -0.4 is 5.32 Å². The minimum Gasteiger partial charge on any atom is -0.506 e. The quantitative estimate of drug-likeness (QED) is 0.588. The van der Waals surface area contributed by atoms with Crippen molar-refractivity contribution in [2.24, 2.45) is 0 Å². The molecule has 0 fully saturated rings. The highest BCUT2D eigenvalue weighted by molar-refractivity contribution is 9.11. The number of allylic oxidation sites excluding steroid dienone is 1. The summed E-state index contributed by atoms with van der Waals surface area (Å²) in [5, 5.41) is 19.7. The SMILES string of the molecule is CNC1=C(C=N)S(=O)(=O)CCN1C(=O)c1cc(Br)c(O)c(Br)c1. The van der Waals surface area contributed by atoms with Crippen LogP contribution in [-0.4, -0.2) is 49.9 Å². The van der Waals surface area contributed by atoms with Crippen molar-refractivity contribution in [3.63, 3.8) is 0 Å². The standard InChI is InChI=1S/C13H13Br2N3O4S/c1-17-12-10(6-16)23(21,22)3-2-18(12)13(20)7-4-8(14)11(19)9(15)5-7/h4-6,16-17,19H,2-3H2,1H3. The van der Waals surface area contributed by atoms with Gasteiger partial charge in [0, 0.05) is 25.4 Å². The molecule has 1 aromatic rings. The number of hydrogen-bond acceptors (Lipinski definition) is 6. The first-order valence-corrected chi connectivity index (χ1v) is 9.62. The highest BCUT2D eigenvalue weighted by Gasteiger charge is 2.33. The topological polar surface area (TPSA) is 111 Å². The summed E-state index contributed by atoms with van der Waals surface area (Å²) in [6.07, 6.45) is 0.725. The summed E-state index contributed by atoms with van der Waals surface area (Å²) in [6, 6.07) is 2.89. The number of rotatable bonds is 3. The first-order chi connectivity index (χ1) is 10.7. The summed E-state index contributed by atoms with van der Waals surface area (Å²) >= 11 is 6.31. The fourth-order valence-electron chi connectivity index (χ4n) is 2.18. The van der Waals surface area contributed by atoms with Gasteiger partial charge in [0.25, 0.3) is 5.91 Å². The van der Waals surface area contributed by atoms with E-state index in [1.807, 2.05) is 0 Å². The van der Waals surface area contributed by atoms with E-state index in [0.717, 1.165) is 6.21 Å². The summed E-state index contributed by atoms with van der Waals surface area (Å²) < 4.78 is 24.7. The number of nitrogens with one attached hydrogen (secondary N) is 2. The molecule has 1 aromatic carbocycles. The van der Waals surface area contributed by atoms with E-state index in [1.165, 1.54) is 24.1 Å². The number of hydrogen-bond donors (Lipinski definition) is 3. The van der Waals surface area contributed by atoms with Crippen molar-refractivity contribution in [1.29, 1.82) is 5.41 Å². The van der Waals surface area contributed by atoms with E-state index < -0.39 is 15.7 Å². The number of carbonyl (C=O) groups is 1. The van der Waals surface area contributed by atoms with E-state index in [9.17, 15) is 18.3 Å². The van der Waals surface area contributed by atoms with Crippen molar-refractivity contribution in [2.75, 3.05) is 19.3 Å². The van der Waals surface area contributed by atoms with Gasteiger partial charge in [-0.1, -0.05) is 0 Å². The molecule has 124 valence electrons. The third kappa shape index (κ3) is 3.29. The van der Waals surface area contributed by atoms with Crippen molar-refractivity contribution in [2.45, 2.75) is 0 Å². The molecular weight excluding hydrogens is 454 g/mol. The van der Waals surface area contributed by atoms with Crippen molar-refractivity contribution >= 4 is 53.8 Å². The minimum absolute atomic E-state index is 0.0230. The lowest BCUT2D eigenvalue weighted by Gasteiger charge is -2.30. The molecule has 2 rings (SSSR count). The van der Waals surface area contributed by atoms with Crippen molar-refractivity contribution in [1.82, 2.24) is 10.2 Å². The molecule has 7 nitrogen and oxygen atoms in total. The molecule has 3 N–H and O–H groups in total. The van der Waals surface area contributed by atoms with E-state index in [4.69, 9.17) is 5.41 Å². The molecule has 1 amide bonds. The number of amides is 1. The Morgan fingerprint density at radius 1 is 1.39 bits per heavy atom. The monoisotopic (exact) mass is 465 g/mol. The van der Waals surface area contributed by atoms with E-state index in [2.05, 4.69) is 37.2 Å². The number of phenols is 1. The van der Waals surface area contributed by atoms with Crippen LogP contribution in [0.3, 0.4) is 0 Å². The van der Waals surface area contributed by atoms with Crippen LogP contribution >= 0.6 is 31.9 Å². The van der Waals surface area contributed by atoms with Crippen LogP contribution in [0.15, 0.2) is 31.8 Å². The van der Waals surface area contributed by atoms with Gasteiger partial charge in [-0.05, 0) is 44.0 Å². The van der Waals surface area contributed by atoms with Crippen LogP contribution in [0.1, 0.15) is 10.4 Å². The first kappa shape index (κ1) is 18.0. The maximum absolute atomic E-state index is 12.7. The van der Waals surface area contributed by atoms with Crippen molar-refractivity contribution < 1.29 is 18.3 Å². The Balaban J connectivity index is 2.53. The molecule has 1 heterocycles. The van der Waals surface area contributed by atoms with Crippen LogP contribution in [0.4, 0.5) is 0 Å². The van der Waals surface area contributed by atoms with Crippen LogP contribution in [0, 0.1) is 5.41 Å². The van der Waals surface area contributed by atoms with Gasteiger partial charge in [-0.15, -0.1) is 0 Å². The van der Waals surface area contributed by atoms with Crippen LogP contribution in [-0.2, 0) is 9.84 Å². The van der Waals surface area contributed by atoms with Crippen molar-refractivity contribution in [3.05, 3.63) is 37.4 Å². The third-order valence-electron chi connectivity index (χ3n) is 3.30. The molecule has 0 atom stereocenters. The molecule has 23 heavy (non-hydrogen) atoms. The lowest BCUT2D eigenvalue weighted by atomic mass is 10.2. The predicted octanol–water partition coefficient (Wildman–Crippen LogP) is 1.83. The smallest absolute Gasteiger partial charge is 0.259 e. The number of sulfone groups is 1. The maximum Gasteiger partial charge on any atom is 0.259 e. The Morgan fingerprint density at radius 3 is 2.43 bits per heavy atom. The molecule has 0 saturated carbocycles. The zero-order valence-electron chi connectivity index (χ0n) is 11.9. The molecule has 1 aliphatic heterocycles. The predicted molar refractivity (Wildman–Crippen MR) is 93.2 cm³/mol. The largest absolute Gasteiger partial charge is 0.506 e. The molecule has 0 radical (unpaired) electrons. The molecule has 10 heteroatoms. The summed E-state index contributed by atoms with van der Waals surface area (Å²) in [4.78, 5) is 13.8. The van der Waals surface area contributed by atoms with E-state index in [1.54, 1.807) is 0 Å². The molecule has 1 aliphatic rings. The summed E-state index contributed by atoms with van der Waals surface area (Å²) in [6.45, 7) is -0.0230. The molecule has 0 saturated heterocycles. The number of benzene rings is 1. The summed E-state index contributed by atoms with van der Waals surface area (Å²) in [5.74, 6) is -0.663. The van der Waals surface area contributed by atoms with Gasteiger partial charge in [0.05, 0.1) is 14.7 Å².